The van der Waals surface area contributed by atoms with Crippen LogP contribution in [0.25, 0.3) is 0 Å². The van der Waals surface area contributed by atoms with E-state index in [9.17, 15) is 0 Å². The smallest absolute Gasteiger partial charge is 0.175 e. The molecule has 128 valence electrons. The van der Waals surface area contributed by atoms with Gasteiger partial charge in [0.05, 0.1) is 35.6 Å². The van der Waals surface area contributed by atoms with Gasteiger partial charge in [0.25, 0.3) is 0 Å². The standard InChI is InChI=1S/C16H17Cl2N3O2S/c1-8-4-12(9(17)5-11(8)19)20-16(24)21-13-6-10(18)14(22-2)7-15(13)23-3/h4-7H,19H2,1-3H3,(H2,20,21,24). The van der Waals surface area contributed by atoms with Gasteiger partial charge in [-0.05, 0) is 42.9 Å². The molecule has 0 aliphatic rings. The molecule has 0 heterocycles. The van der Waals surface area contributed by atoms with Crippen LogP contribution in [0.5, 0.6) is 11.5 Å². The lowest BCUT2D eigenvalue weighted by Gasteiger charge is -2.16. The highest BCUT2D eigenvalue weighted by molar-refractivity contribution is 7.80. The number of hydrogen-bond acceptors (Lipinski definition) is 4. The van der Waals surface area contributed by atoms with E-state index in [1.54, 1.807) is 25.3 Å². The van der Waals surface area contributed by atoms with Crippen molar-refractivity contribution in [3.05, 3.63) is 39.9 Å². The van der Waals surface area contributed by atoms with E-state index in [4.69, 9.17) is 50.6 Å². The van der Waals surface area contributed by atoms with Gasteiger partial charge in [-0.3, -0.25) is 0 Å². The third-order valence-electron chi connectivity index (χ3n) is 3.33. The molecule has 0 aliphatic heterocycles. The van der Waals surface area contributed by atoms with E-state index < -0.39 is 0 Å². The Morgan fingerprint density at radius 3 is 2.21 bits per heavy atom. The molecule has 0 atom stereocenters. The summed E-state index contributed by atoms with van der Waals surface area (Å²) < 4.78 is 10.5. The zero-order chi connectivity index (χ0) is 17.9. The largest absolute Gasteiger partial charge is 0.495 e. The fraction of sp³-hybridized carbons (Fsp3) is 0.188. The lowest BCUT2D eigenvalue weighted by atomic mass is 10.2. The van der Waals surface area contributed by atoms with Crippen LogP contribution < -0.4 is 25.8 Å². The molecule has 4 N–H and O–H groups in total. The Labute approximate surface area is 156 Å². The van der Waals surface area contributed by atoms with Crippen LogP contribution in [0.2, 0.25) is 10.0 Å². The van der Waals surface area contributed by atoms with E-state index in [1.165, 1.54) is 7.11 Å². The molecule has 0 saturated heterocycles. The molecule has 2 rings (SSSR count). The third-order valence-corrected chi connectivity index (χ3v) is 4.14. The van der Waals surface area contributed by atoms with Gasteiger partial charge in [0.15, 0.2) is 5.11 Å². The minimum absolute atomic E-state index is 0.334. The van der Waals surface area contributed by atoms with E-state index in [2.05, 4.69) is 10.6 Å². The molecule has 0 aliphatic carbocycles. The number of rotatable bonds is 4. The van der Waals surface area contributed by atoms with Gasteiger partial charge in [-0.1, -0.05) is 23.2 Å². The fourth-order valence-electron chi connectivity index (χ4n) is 2.03. The number of benzene rings is 2. The van der Waals surface area contributed by atoms with Gasteiger partial charge in [-0.25, -0.2) is 0 Å². The number of hydrogen-bond donors (Lipinski definition) is 3. The van der Waals surface area contributed by atoms with Crippen molar-refractivity contribution in [2.24, 2.45) is 0 Å². The van der Waals surface area contributed by atoms with Crippen LogP contribution in [-0.4, -0.2) is 19.3 Å². The highest BCUT2D eigenvalue weighted by atomic mass is 35.5. The molecule has 0 bridgehead atoms. The summed E-state index contributed by atoms with van der Waals surface area (Å²) in [5, 5.41) is 7.30. The van der Waals surface area contributed by atoms with E-state index in [1.807, 2.05) is 13.0 Å². The van der Waals surface area contributed by atoms with Crippen molar-refractivity contribution in [2.75, 3.05) is 30.6 Å². The van der Waals surface area contributed by atoms with Crippen LogP contribution >= 0.6 is 35.4 Å². The number of thiocarbonyl (C=S) groups is 1. The zero-order valence-corrected chi connectivity index (χ0v) is 15.7. The second-order valence-corrected chi connectivity index (χ2v) is 6.18. The molecule has 24 heavy (non-hydrogen) atoms. The SMILES string of the molecule is COc1cc(OC)c(NC(=S)Nc2cc(C)c(N)cc2Cl)cc1Cl. The van der Waals surface area contributed by atoms with Crippen LogP contribution in [0.3, 0.4) is 0 Å². The number of anilines is 3. The molecule has 2 aromatic rings. The molecule has 0 saturated carbocycles. The van der Waals surface area contributed by atoms with Crippen molar-refractivity contribution in [3.63, 3.8) is 0 Å². The number of aryl methyl sites for hydroxylation is 1. The molecule has 0 aromatic heterocycles. The van der Waals surface area contributed by atoms with Crippen LogP contribution in [0, 0.1) is 6.92 Å². The first kappa shape index (κ1) is 18.4. The Kier molecular flexibility index (Phi) is 5.99. The fourth-order valence-corrected chi connectivity index (χ4v) is 2.71. The molecule has 0 amide bonds. The molecule has 0 unspecified atom stereocenters. The average Bonchev–Trinajstić information content (AvgIpc) is 2.53. The number of methoxy groups -OCH3 is 2. The topological polar surface area (TPSA) is 68.5 Å². The maximum absolute atomic E-state index is 6.18. The second-order valence-electron chi connectivity index (χ2n) is 4.95. The van der Waals surface area contributed by atoms with Gasteiger partial charge in [-0.15, -0.1) is 0 Å². The van der Waals surface area contributed by atoms with Gasteiger partial charge < -0.3 is 25.8 Å². The Bertz CT molecular complexity index is 784. The molecular weight excluding hydrogens is 369 g/mol. The van der Waals surface area contributed by atoms with E-state index >= 15 is 0 Å². The summed E-state index contributed by atoms with van der Waals surface area (Å²) in [6.07, 6.45) is 0. The lowest BCUT2D eigenvalue weighted by molar-refractivity contribution is 0.396. The first-order valence-electron chi connectivity index (χ1n) is 6.90. The zero-order valence-electron chi connectivity index (χ0n) is 13.4. The quantitative estimate of drug-likeness (QED) is 0.522. The first-order chi connectivity index (χ1) is 11.3. The molecule has 0 radical (unpaired) electrons. The highest BCUT2D eigenvalue weighted by Gasteiger charge is 2.12. The summed E-state index contributed by atoms with van der Waals surface area (Å²) in [5.74, 6) is 1.05. The molecule has 0 fully saturated rings. The summed E-state index contributed by atoms with van der Waals surface area (Å²) in [7, 11) is 3.08. The summed E-state index contributed by atoms with van der Waals surface area (Å²) >= 11 is 17.6. The van der Waals surface area contributed by atoms with E-state index in [0.29, 0.717) is 43.7 Å². The van der Waals surface area contributed by atoms with Crippen molar-refractivity contribution in [3.8, 4) is 11.5 Å². The van der Waals surface area contributed by atoms with Crippen molar-refractivity contribution >= 4 is 57.6 Å². The minimum Gasteiger partial charge on any atom is -0.495 e. The number of nitrogen functional groups attached to an aromatic ring is 1. The Balaban J connectivity index is 2.21. The van der Waals surface area contributed by atoms with Gasteiger partial charge in [0.1, 0.15) is 11.5 Å². The Hall–Kier alpha value is -1.89. The summed E-state index contributed by atoms with van der Waals surface area (Å²) in [4.78, 5) is 0. The minimum atomic E-state index is 0.334. The predicted molar refractivity (Wildman–Crippen MR) is 105 cm³/mol. The average molecular weight is 386 g/mol. The normalized spacial score (nSPS) is 10.2. The number of nitrogens with two attached hydrogens (primary N) is 1. The number of halogens is 2. The van der Waals surface area contributed by atoms with Crippen molar-refractivity contribution < 1.29 is 9.47 Å². The van der Waals surface area contributed by atoms with Crippen LogP contribution in [0.15, 0.2) is 24.3 Å². The maximum atomic E-state index is 6.18. The third kappa shape index (κ3) is 4.14. The van der Waals surface area contributed by atoms with Gasteiger partial charge in [0.2, 0.25) is 0 Å². The number of ether oxygens (including phenoxy) is 2. The van der Waals surface area contributed by atoms with Gasteiger partial charge >= 0.3 is 0 Å². The molecule has 0 spiro atoms. The molecule has 5 nitrogen and oxygen atoms in total. The van der Waals surface area contributed by atoms with Crippen molar-refractivity contribution in [2.45, 2.75) is 6.92 Å². The van der Waals surface area contributed by atoms with Crippen LogP contribution in [0.4, 0.5) is 17.1 Å². The second kappa shape index (κ2) is 7.79. The predicted octanol–water partition coefficient (Wildman–Crippen LogP) is 4.71. The first-order valence-corrected chi connectivity index (χ1v) is 8.07. The van der Waals surface area contributed by atoms with Crippen molar-refractivity contribution in [1.82, 2.24) is 0 Å². The maximum Gasteiger partial charge on any atom is 0.175 e. The van der Waals surface area contributed by atoms with E-state index in [-0.39, 0.29) is 0 Å². The monoisotopic (exact) mass is 385 g/mol. The number of nitrogens with one attached hydrogen (secondary N) is 2. The highest BCUT2D eigenvalue weighted by Crippen LogP contribution is 2.36. The summed E-state index contributed by atoms with van der Waals surface area (Å²) in [6, 6.07) is 6.84. The summed E-state index contributed by atoms with van der Waals surface area (Å²) in [5.41, 5.74) is 8.59. The summed E-state index contributed by atoms with van der Waals surface area (Å²) in [6.45, 7) is 1.89. The molecule has 8 heteroatoms. The van der Waals surface area contributed by atoms with Crippen LogP contribution in [0.1, 0.15) is 5.56 Å². The van der Waals surface area contributed by atoms with Gasteiger partial charge in [0, 0.05) is 11.8 Å². The molecular formula is C16H17Cl2N3O2S. The Morgan fingerprint density at radius 2 is 1.58 bits per heavy atom. The Morgan fingerprint density at radius 1 is 0.958 bits per heavy atom. The van der Waals surface area contributed by atoms with E-state index in [0.717, 1.165) is 5.56 Å². The van der Waals surface area contributed by atoms with Crippen molar-refractivity contribution in [1.29, 1.82) is 0 Å². The van der Waals surface area contributed by atoms with Crippen LogP contribution in [-0.2, 0) is 0 Å². The molecule has 2 aromatic carbocycles. The van der Waals surface area contributed by atoms with Gasteiger partial charge in [-0.2, -0.15) is 0 Å². The lowest BCUT2D eigenvalue weighted by Crippen LogP contribution is -2.20.